The number of ether oxygens (including phenoxy) is 2. The molecule has 0 aromatic carbocycles. The van der Waals surface area contributed by atoms with Crippen LogP contribution in [0.5, 0.6) is 0 Å². The first-order valence-electron chi connectivity index (χ1n) is 5.48. The highest BCUT2D eigenvalue weighted by Gasteiger charge is 2.12. The Hall–Kier alpha value is -1.73. The highest BCUT2D eigenvalue weighted by molar-refractivity contribution is 5.87. The van der Waals surface area contributed by atoms with Gasteiger partial charge in [0.25, 0.3) is 0 Å². The molecule has 0 spiro atoms. The summed E-state index contributed by atoms with van der Waals surface area (Å²) in [6, 6.07) is -0.0952. The van der Waals surface area contributed by atoms with Crippen molar-refractivity contribution in [2.24, 2.45) is 0 Å². The molecule has 0 saturated carbocycles. The Morgan fingerprint density at radius 1 is 1.50 bits per heavy atom. The van der Waals surface area contributed by atoms with Gasteiger partial charge in [0.1, 0.15) is 5.82 Å². The molecule has 7 heteroatoms. The third-order valence-electron chi connectivity index (χ3n) is 2.23. The van der Waals surface area contributed by atoms with Crippen LogP contribution in [0.25, 0.3) is 0 Å². The quantitative estimate of drug-likeness (QED) is 0.666. The topological polar surface area (TPSA) is 93.6 Å². The molecule has 18 heavy (non-hydrogen) atoms. The Bertz CT molecular complexity index is 380. The largest absolute Gasteiger partial charge is 0.464 e. The molecule has 0 bridgehead atoms. The second kappa shape index (κ2) is 7.57. The van der Waals surface area contributed by atoms with Gasteiger partial charge in [-0.25, -0.2) is 9.78 Å². The average molecular weight is 255 g/mol. The van der Waals surface area contributed by atoms with Crippen molar-refractivity contribution in [2.75, 3.05) is 32.8 Å². The van der Waals surface area contributed by atoms with Gasteiger partial charge in [0, 0.05) is 13.7 Å². The molecule has 1 heterocycles. The number of esters is 1. The number of nitrogens with zero attached hydrogens (tertiary/aromatic N) is 2. The smallest absolute Gasteiger partial charge is 0.358 e. The van der Waals surface area contributed by atoms with Crippen LogP contribution >= 0.6 is 0 Å². The van der Waals surface area contributed by atoms with Crippen LogP contribution in [0.15, 0.2) is 12.4 Å². The van der Waals surface area contributed by atoms with Crippen molar-refractivity contribution in [3.05, 3.63) is 18.1 Å². The van der Waals surface area contributed by atoms with Gasteiger partial charge in [0.15, 0.2) is 5.69 Å². The minimum atomic E-state index is -0.545. The maximum Gasteiger partial charge on any atom is 0.358 e. The lowest BCUT2D eigenvalue weighted by Gasteiger charge is -2.17. The van der Waals surface area contributed by atoms with E-state index in [9.17, 15) is 4.79 Å². The van der Waals surface area contributed by atoms with Crippen LogP contribution in [0.3, 0.4) is 0 Å². The van der Waals surface area contributed by atoms with E-state index in [2.05, 4.69) is 20.0 Å². The predicted molar refractivity (Wildman–Crippen MR) is 64.4 cm³/mol. The number of rotatable bonds is 7. The van der Waals surface area contributed by atoms with Crippen LogP contribution in [-0.4, -0.2) is 54.5 Å². The maximum absolute atomic E-state index is 11.3. The van der Waals surface area contributed by atoms with Crippen molar-refractivity contribution in [1.82, 2.24) is 9.97 Å². The second-order valence-corrected chi connectivity index (χ2v) is 3.59. The predicted octanol–water partition coefficient (Wildman–Crippen LogP) is 0.0725. The summed E-state index contributed by atoms with van der Waals surface area (Å²) >= 11 is 0. The molecule has 0 amide bonds. The van der Waals surface area contributed by atoms with Gasteiger partial charge in [-0.1, -0.05) is 0 Å². The molecule has 2 N–H and O–H groups in total. The van der Waals surface area contributed by atoms with Gasteiger partial charge in [0.2, 0.25) is 0 Å². The van der Waals surface area contributed by atoms with Crippen LogP contribution < -0.4 is 5.32 Å². The molecule has 0 aliphatic rings. The molecular formula is C11H17N3O4. The first-order valence-corrected chi connectivity index (χ1v) is 5.48. The Labute approximate surface area is 105 Å². The molecule has 0 aliphatic carbocycles. The number of anilines is 1. The monoisotopic (exact) mass is 255 g/mol. The number of hydrogen-bond acceptors (Lipinski definition) is 7. The molecule has 0 radical (unpaired) electrons. The van der Waals surface area contributed by atoms with E-state index in [-0.39, 0.29) is 18.3 Å². The fourth-order valence-electron chi connectivity index (χ4n) is 1.40. The van der Waals surface area contributed by atoms with Crippen LogP contribution in [0.2, 0.25) is 0 Å². The number of methoxy groups -OCH3 is 2. The number of aliphatic hydroxyl groups excluding tert-OH is 1. The van der Waals surface area contributed by atoms with Crippen LogP contribution in [0, 0.1) is 0 Å². The van der Waals surface area contributed by atoms with Crippen molar-refractivity contribution in [3.8, 4) is 0 Å². The lowest BCUT2D eigenvalue weighted by atomic mass is 10.2. The molecule has 0 aliphatic heterocycles. The van der Waals surface area contributed by atoms with Crippen LogP contribution in [-0.2, 0) is 9.47 Å². The van der Waals surface area contributed by atoms with Gasteiger partial charge in [-0.15, -0.1) is 0 Å². The minimum absolute atomic E-state index is 0.0329. The normalized spacial score (nSPS) is 11.9. The van der Waals surface area contributed by atoms with Gasteiger partial charge < -0.3 is 19.9 Å². The number of carbonyl (C=O) groups excluding carboxylic acids is 1. The Balaban J connectivity index is 2.73. The molecule has 7 nitrogen and oxygen atoms in total. The van der Waals surface area contributed by atoms with Crippen molar-refractivity contribution in [2.45, 2.75) is 12.5 Å². The highest BCUT2D eigenvalue weighted by Crippen LogP contribution is 2.07. The Kier molecular flexibility index (Phi) is 6.03. The summed E-state index contributed by atoms with van der Waals surface area (Å²) in [5.41, 5.74) is 0.127. The van der Waals surface area contributed by atoms with E-state index < -0.39 is 5.97 Å². The number of aromatic nitrogens is 2. The second-order valence-electron chi connectivity index (χ2n) is 3.59. The molecular weight excluding hydrogens is 238 g/mol. The van der Waals surface area contributed by atoms with E-state index >= 15 is 0 Å². The van der Waals surface area contributed by atoms with E-state index in [1.807, 2.05) is 0 Å². The fraction of sp³-hybridized carbons (Fsp3) is 0.545. The van der Waals surface area contributed by atoms with E-state index in [0.29, 0.717) is 18.8 Å². The first-order chi connectivity index (χ1) is 8.71. The van der Waals surface area contributed by atoms with Crippen LogP contribution in [0.4, 0.5) is 5.82 Å². The summed E-state index contributed by atoms with van der Waals surface area (Å²) in [5.74, 6) is -0.106. The van der Waals surface area contributed by atoms with Crippen molar-refractivity contribution in [1.29, 1.82) is 0 Å². The molecule has 1 aromatic heterocycles. The summed E-state index contributed by atoms with van der Waals surface area (Å²) in [6.07, 6.45) is 3.33. The van der Waals surface area contributed by atoms with Gasteiger partial charge in [-0.2, -0.15) is 0 Å². The van der Waals surface area contributed by atoms with Crippen LogP contribution in [0.1, 0.15) is 16.9 Å². The summed E-state index contributed by atoms with van der Waals surface area (Å²) in [5, 5.41) is 12.0. The number of hydrogen-bond donors (Lipinski definition) is 2. The van der Waals surface area contributed by atoms with Gasteiger partial charge >= 0.3 is 5.97 Å². The lowest BCUT2D eigenvalue weighted by molar-refractivity contribution is 0.0593. The van der Waals surface area contributed by atoms with E-state index in [1.165, 1.54) is 19.5 Å². The molecule has 1 atom stereocenters. The van der Waals surface area contributed by atoms with Gasteiger partial charge in [0.05, 0.1) is 32.2 Å². The maximum atomic E-state index is 11.3. The van der Waals surface area contributed by atoms with E-state index in [1.54, 1.807) is 7.11 Å². The molecule has 1 unspecified atom stereocenters. The van der Waals surface area contributed by atoms with Gasteiger partial charge in [-0.3, -0.25) is 4.98 Å². The zero-order valence-electron chi connectivity index (χ0n) is 10.4. The molecule has 100 valence electrons. The zero-order valence-corrected chi connectivity index (χ0v) is 10.4. The average Bonchev–Trinajstić information content (AvgIpc) is 2.39. The van der Waals surface area contributed by atoms with Crippen molar-refractivity contribution >= 4 is 11.8 Å². The SMILES string of the molecule is COCC(CCO)Nc1cncc(C(=O)OC)n1. The Morgan fingerprint density at radius 2 is 2.28 bits per heavy atom. The van der Waals surface area contributed by atoms with E-state index in [4.69, 9.17) is 9.84 Å². The summed E-state index contributed by atoms with van der Waals surface area (Å²) in [4.78, 5) is 19.2. The summed E-state index contributed by atoms with van der Waals surface area (Å²) < 4.78 is 9.57. The molecule has 0 fully saturated rings. The molecule has 0 saturated heterocycles. The third-order valence-corrected chi connectivity index (χ3v) is 2.23. The number of nitrogens with one attached hydrogen (secondary N) is 1. The van der Waals surface area contributed by atoms with Gasteiger partial charge in [-0.05, 0) is 6.42 Å². The number of carbonyl (C=O) groups is 1. The first kappa shape index (κ1) is 14.3. The fourth-order valence-corrected chi connectivity index (χ4v) is 1.40. The third kappa shape index (κ3) is 4.27. The lowest BCUT2D eigenvalue weighted by Crippen LogP contribution is -2.27. The molecule has 1 aromatic rings. The molecule has 1 rings (SSSR count). The number of aliphatic hydroxyl groups is 1. The zero-order chi connectivity index (χ0) is 13.4. The minimum Gasteiger partial charge on any atom is -0.464 e. The highest BCUT2D eigenvalue weighted by atomic mass is 16.5. The van der Waals surface area contributed by atoms with Crippen molar-refractivity contribution < 1.29 is 19.4 Å². The Morgan fingerprint density at radius 3 is 2.89 bits per heavy atom. The summed E-state index contributed by atoms with van der Waals surface area (Å²) in [7, 11) is 2.85. The van der Waals surface area contributed by atoms with Crippen molar-refractivity contribution in [3.63, 3.8) is 0 Å². The standard InChI is InChI=1S/C11H17N3O4/c1-17-7-8(3-4-15)13-10-6-12-5-9(14-10)11(16)18-2/h5-6,8,15H,3-4,7H2,1-2H3,(H,13,14). The van der Waals surface area contributed by atoms with E-state index in [0.717, 1.165) is 0 Å². The summed E-state index contributed by atoms with van der Waals surface area (Å²) in [6.45, 7) is 0.454.